The van der Waals surface area contributed by atoms with Gasteiger partial charge in [-0.15, -0.1) is 0 Å². The van der Waals surface area contributed by atoms with Crippen LogP contribution in [0.3, 0.4) is 0 Å². The van der Waals surface area contributed by atoms with Gasteiger partial charge in [-0.25, -0.2) is 0 Å². The number of benzene rings is 1. The van der Waals surface area contributed by atoms with Crippen LogP contribution in [0.25, 0.3) is 10.9 Å². The minimum absolute atomic E-state index is 0.193. The molecule has 1 aromatic carbocycles. The van der Waals surface area contributed by atoms with Gasteiger partial charge in [0, 0.05) is 11.6 Å². The third kappa shape index (κ3) is 2.74. The third-order valence-corrected chi connectivity index (χ3v) is 2.77. The van der Waals surface area contributed by atoms with E-state index in [0.29, 0.717) is 6.61 Å². The minimum atomic E-state index is -0.450. The van der Waals surface area contributed by atoms with Crippen LogP contribution in [0.1, 0.15) is 13.8 Å². The molecule has 1 heterocycles. The van der Waals surface area contributed by atoms with E-state index < -0.39 is 6.10 Å². The first-order chi connectivity index (χ1) is 8.18. The van der Waals surface area contributed by atoms with Gasteiger partial charge in [-0.2, -0.15) is 0 Å². The van der Waals surface area contributed by atoms with Crippen LogP contribution in [-0.4, -0.2) is 22.8 Å². The van der Waals surface area contributed by atoms with E-state index in [1.165, 1.54) is 0 Å². The SMILES string of the molecule is CC(C)C(O)COc1cccc2cccnc12. The number of aromatic nitrogens is 1. The highest BCUT2D eigenvalue weighted by atomic mass is 16.5. The molecule has 2 aromatic rings. The van der Waals surface area contributed by atoms with Crippen LogP contribution in [0.15, 0.2) is 36.5 Å². The van der Waals surface area contributed by atoms with Gasteiger partial charge in [-0.3, -0.25) is 4.98 Å². The lowest BCUT2D eigenvalue weighted by atomic mass is 10.1. The lowest BCUT2D eigenvalue weighted by molar-refractivity contribution is 0.0707. The molecule has 0 spiro atoms. The van der Waals surface area contributed by atoms with E-state index >= 15 is 0 Å². The number of fused-ring (bicyclic) bond motifs is 1. The van der Waals surface area contributed by atoms with Gasteiger partial charge in [0.1, 0.15) is 17.9 Å². The van der Waals surface area contributed by atoms with Gasteiger partial charge in [0.05, 0.1) is 6.10 Å². The monoisotopic (exact) mass is 231 g/mol. The Labute approximate surface area is 101 Å². The van der Waals surface area contributed by atoms with Crippen molar-refractivity contribution in [2.75, 3.05) is 6.61 Å². The summed E-state index contributed by atoms with van der Waals surface area (Å²) in [6.45, 7) is 4.23. The number of aliphatic hydroxyl groups is 1. The second-order valence-electron chi connectivity index (χ2n) is 4.45. The van der Waals surface area contributed by atoms with Crippen molar-refractivity contribution in [2.45, 2.75) is 20.0 Å². The molecule has 0 amide bonds. The summed E-state index contributed by atoms with van der Waals surface area (Å²) in [7, 11) is 0. The van der Waals surface area contributed by atoms with Crippen LogP contribution in [-0.2, 0) is 0 Å². The molecule has 0 aliphatic heterocycles. The number of para-hydroxylation sites is 1. The van der Waals surface area contributed by atoms with E-state index in [4.69, 9.17) is 4.74 Å². The van der Waals surface area contributed by atoms with Crippen molar-refractivity contribution >= 4 is 10.9 Å². The molecule has 0 aliphatic rings. The van der Waals surface area contributed by atoms with E-state index in [-0.39, 0.29) is 5.92 Å². The zero-order valence-electron chi connectivity index (χ0n) is 10.1. The topological polar surface area (TPSA) is 42.4 Å². The van der Waals surface area contributed by atoms with Crippen molar-refractivity contribution < 1.29 is 9.84 Å². The number of nitrogens with zero attached hydrogens (tertiary/aromatic N) is 1. The van der Waals surface area contributed by atoms with Gasteiger partial charge in [0.25, 0.3) is 0 Å². The Kier molecular flexibility index (Phi) is 3.59. The first-order valence-electron chi connectivity index (χ1n) is 5.83. The first-order valence-corrected chi connectivity index (χ1v) is 5.83. The fraction of sp³-hybridized carbons (Fsp3) is 0.357. The highest BCUT2D eigenvalue weighted by molar-refractivity contribution is 5.84. The Morgan fingerprint density at radius 2 is 2.00 bits per heavy atom. The van der Waals surface area contributed by atoms with Crippen LogP contribution in [0.5, 0.6) is 5.75 Å². The predicted octanol–water partition coefficient (Wildman–Crippen LogP) is 2.63. The standard InChI is InChI=1S/C14H17NO2/c1-10(2)12(16)9-17-13-7-3-5-11-6-4-8-15-14(11)13/h3-8,10,12,16H,9H2,1-2H3. The Hall–Kier alpha value is -1.61. The molecule has 1 unspecified atom stereocenters. The highest BCUT2D eigenvalue weighted by Crippen LogP contribution is 2.23. The van der Waals surface area contributed by atoms with Crippen LogP contribution < -0.4 is 4.74 Å². The summed E-state index contributed by atoms with van der Waals surface area (Å²) in [4.78, 5) is 4.30. The summed E-state index contributed by atoms with van der Waals surface area (Å²) in [6, 6.07) is 9.70. The molecule has 0 aliphatic carbocycles. The van der Waals surface area contributed by atoms with Gasteiger partial charge >= 0.3 is 0 Å². The number of rotatable bonds is 4. The van der Waals surface area contributed by atoms with Crippen molar-refractivity contribution in [2.24, 2.45) is 5.92 Å². The number of hydrogen-bond acceptors (Lipinski definition) is 3. The zero-order chi connectivity index (χ0) is 12.3. The molecule has 90 valence electrons. The minimum Gasteiger partial charge on any atom is -0.489 e. The lowest BCUT2D eigenvalue weighted by Crippen LogP contribution is -2.23. The maximum atomic E-state index is 9.71. The quantitative estimate of drug-likeness (QED) is 0.879. The van der Waals surface area contributed by atoms with E-state index in [2.05, 4.69) is 4.98 Å². The van der Waals surface area contributed by atoms with Gasteiger partial charge in [0.2, 0.25) is 0 Å². The Bertz CT molecular complexity index is 491. The molecule has 2 rings (SSSR count). The van der Waals surface area contributed by atoms with Crippen molar-refractivity contribution in [3.63, 3.8) is 0 Å². The van der Waals surface area contributed by atoms with Crippen molar-refractivity contribution in [1.29, 1.82) is 0 Å². The molecule has 0 bridgehead atoms. The molecule has 3 heteroatoms. The molecule has 17 heavy (non-hydrogen) atoms. The van der Waals surface area contributed by atoms with Crippen LogP contribution in [0.2, 0.25) is 0 Å². The summed E-state index contributed by atoms with van der Waals surface area (Å²) in [5.41, 5.74) is 0.839. The Balaban J connectivity index is 2.19. The molecule has 3 nitrogen and oxygen atoms in total. The van der Waals surface area contributed by atoms with Crippen molar-refractivity contribution in [1.82, 2.24) is 4.98 Å². The normalized spacial score (nSPS) is 12.9. The first kappa shape index (κ1) is 11.9. The fourth-order valence-electron chi connectivity index (χ4n) is 1.56. The second-order valence-corrected chi connectivity index (χ2v) is 4.45. The van der Waals surface area contributed by atoms with E-state index in [0.717, 1.165) is 16.7 Å². The maximum absolute atomic E-state index is 9.71. The molecular weight excluding hydrogens is 214 g/mol. The molecule has 1 N–H and O–H groups in total. The Morgan fingerprint density at radius 1 is 1.24 bits per heavy atom. The summed E-state index contributed by atoms with van der Waals surface area (Å²) in [6.07, 6.45) is 1.29. The zero-order valence-corrected chi connectivity index (χ0v) is 10.1. The smallest absolute Gasteiger partial charge is 0.145 e. The lowest BCUT2D eigenvalue weighted by Gasteiger charge is -2.15. The van der Waals surface area contributed by atoms with Crippen molar-refractivity contribution in [3.05, 3.63) is 36.5 Å². The highest BCUT2D eigenvalue weighted by Gasteiger charge is 2.11. The molecular formula is C14H17NO2. The molecule has 0 saturated heterocycles. The van der Waals surface area contributed by atoms with Gasteiger partial charge in [-0.05, 0) is 18.1 Å². The van der Waals surface area contributed by atoms with Gasteiger partial charge in [-0.1, -0.05) is 32.0 Å². The van der Waals surface area contributed by atoms with E-state index in [1.54, 1.807) is 6.20 Å². The summed E-state index contributed by atoms with van der Waals surface area (Å²) < 4.78 is 5.63. The summed E-state index contributed by atoms with van der Waals surface area (Å²) in [5, 5.41) is 10.8. The predicted molar refractivity (Wildman–Crippen MR) is 68.1 cm³/mol. The molecule has 0 radical (unpaired) electrons. The summed E-state index contributed by atoms with van der Waals surface area (Å²) in [5.74, 6) is 0.917. The Morgan fingerprint density at radius 3 is 2.76 bits per heavy atom. The maximum Gasteiger partial charge on any atom is 0.145 e. The molecule has 1 aromatic heterocycles. The largest absolute Gasteiger partial charge is 0.489 e. The number of hydrogen-bond donors (Lipinski definition) is 1. The molecule has 0 fully saturated rings. The fourth-order valence-corrected chi connectivity index (χ4v) is 1.56. The average Bonchev–Trinajstić information content (AvgIpc) is 2.35. The molecule has 0 saturated carbocycles. The van der Waals surface area contributed by atoms with Crippen molar-refractivity contribution in [3.8, 4) is 5.75 Å². The second kappa shape index (κ2) is 5.15. The number of pyridine rings is 1. The average molecular weight is 231 g/mol. The van der Waals surface area contributed by atoms with Crippen LogP contribution in [0, 0.1) is 5.92 Å². The number of aliphatic hydroxyl groups excluding tert-OH is 1. The van der Waals surface area contributed by atoms with Crippen LogP contribution in [0.4, 0.5) is 0 Å². The molecule has 1 atom stereocenters. The summed E-state index contributed by atoms with van der Waals surface area (Å²) >= 11 is 0. The third-order valence-electron chi connectivity index (χ3n) is 2.77. The van der Waals surface area contributed by atoms with E-state index in [9.17, 15) is 5.11 Å². The number of ether oxygens (including phenoxy) is 1. The van der Waals surface area contributed by atoms with Gasteiger partial charge < -0.3 is 9.84 Å². The van der Waals surface area contributed by atoms with Crippen LogP contribution >= 0.6 is 0 Å². The van der Waals surface area contributed by atoms with Gasteiger partial charge in [0.15, 0.2) is 0 Å². The van der Waals surface area contributed by atoms with E-state index in [1.807, 2.05) is 44.2 Å².